The zero-order valence-corrected chi connectivity index (χ0v) is 12.0. The minimum Gasteiger partial charge on any atom is -0.282 e. The lowest BCUT2D eigenvalue weighted by atomic mass is 9.65. The van der Waals surface area contributed by atoms with Crippen LogP contribution in [0.15, 0.2) is 40.6 Å². The molecule has 20 heavy (non-hydrogen) atoms. The molecule has 102 valence electrons. The first-order chi connectivity index (χ1) is 9.60. The first kappa shape index (κ1) is 12.1. The lowest BCUT2D eigenvalue weighted by Crippen LogP contribution is -2.44. The number of fused-ring (bicyclic) bond motifs is 5. The van der Waals surface area contributed by atoms with E-state index < -0.39 is 5.66 Å². The Morgan fingerprint density at radius 3 is 2.50 bits per heavy atom. The molecule has 3 heteroatoms. The molecular weight excluding hydrogens is 246 g/mol. The van der Waals surface area contributed by atoms with Crippen molar-refractivity contribution < 1.29 is 0 Å². The quantitative estimate of drug-likeness (QED) is 0.673. The lowest BCUT2D eigenvalue weighted by molar-refractivity contribution is 0.163. The van der Waals surface area contributed by atoms with Gasteiger partial charge in [-0.15, -0.1) is 5.11 Å². The average molecular weight is 265 g/mol. The molecule has 2 fully saturated rings. The molecular formula is C17H19N3. The highest BCUT2D eigenvalue weighted by Gasteiger charge is 2.83. The molecule has 3 aliphatic rings. The molecule has 0 saturated heterocycles. The van der Waals surface area contributed by atoms with Crippen LogP contribution in [-0.4, -0.2) is 5.66 Å². The number of hydrogen-bond donors (Lipinski definition) is 0. The summed E-state index contributed by atoms with van der Waals surface area (Å²) in [4.78, 5) is 4.03. The molecule has 1 heterocycles. The van der Waals surface area contributed by atoms with Crippen LogP contribution in [0.25, 0.3) is 4.85 Å². The molecule has 1 aliphatic heterocycles. The Balaban J connectivity index is 2.01. The smallest absolute Gasteiger partial charge is 0.282 e. The Labute approximate surface area is 119 Å². The fourth-order valence-corrected chi connectivity index (χ4v) is 5.27. The van der Waals surface area contributed by atoms with Crippen molar-refractivity contribution in [1.82, 2.24) is 0 Å². The fraction of sp³-hybridized carbons (Fsp3) is 0.588. The van der Waals surface area contributed by atoms with E-state index in [0.717, 1.165) is 6.42 Å². The summed E-state index contributed by atoms with van der Waals surface area (Å²) in [5.41, 5.74) is 0.0942. The molecule has 2 bridgehead atoms. The van der Waals surface area contributed by atoms with Gasteiger partial charge in [0, 0.05) is 5.92 Å². The molecule has 1 aromatic rings. The van der Waals surface area contributed by atoms with Crippen molar-refractivity contribution in [3.05, 3.63) is 47.3 Å². The monoisotopic (exact) mass is 265 g/mol. The Morgan fingerprint density at radius 2 is 1.80 bits per heavy atom. The summed E-state index contributed by atoms with van der Waals surface area (Å²) in [6.07, 6.45) is 3.52. The second-order valence-corrected chi connectivity index (χ2v) is 6.94. The largest absolute Gasteiger partial charge is 0.351 e. The third kappa shape index (κ3) is 0.985. The molecule has 0 radical (unpaired) electrons. The second-order valence-electron chi connectivity index (χ2n) is 6.94. The Kier molecular flexibility index (Phi) is 2.11. The van der Waals surface area contributed by atoms with Crippen molar-refractivity contribution in [2.24, 2.45) is 27.5 Å². The van der Waals surface area contributed by atoms with Crippen LogP contribution in [0.4, 0.5) is 0 Å². The molecule has 0 unspecified atom stereocenters. The number of hydrogen-bond acceptors (Lipinski definition) is 2. The van der Waals surface area contributed by atoms with E-state index in [1.807, 2.05) is 6.07 Å². The van der Waals surface area contributed by atoms with Crippen LogP contribution < -0.4 is 0 Å². The first-order valence-corrected chi connectivity index (χ1v) is 7.48. The molecule has 0 spiro atoms. The summed E-state index contributed by atoms with van der Waals surface area (Å²) in [6, 6.07) is 10.5. The van der Waals surface area contributed by atoms with Crippen LogP contribution in [-0.2, 0) is 5.54 Å². The van der Waals surface area contributed by atoms with Crippen molar-refractivity contribution in [3.63, 3.8) is 0 Å². The zero-order chi connectivity index (χ0) is 14.0. The SMILES string of the molecule is [C-]#[N+][C@@]12N=N[C@@](c3ccccc3)([C@H]3CCC[C@H]31)C2(C)C. The van der Waals surface area contributed by atoms with Gasteiger partial charge in [0.2, 0.25) is 0 Å². The third-order valence-corrected chi connectivity index (χ3v) is 6.19. The van der Waals surface area contributed by atoms with Gasteiger partial charge >= 0.3 is 5.66 Å². The zero-order valence-electron chi connectivity index (χ0n) is 12.0. The third-order valence-electron chi connectivity index (χ3n) is 6.19. The van der Waals surface area contributed by atoms with Crippen molar-refractivity contribution in [2.45, 2.75) is 44.3 Å². The van der Waals surface area contributed by atoms with E-state index in [1.165, 1.54) is 18.4 Å². The van der Waals surface area contributed by atoms with Crippen LogP contribution in [0.5, 0.6) is 0 Å². The minimum atomic E-state index is -0.635. The van der Waals surface area contributed by atoms with E-state index in [2.05, 4.69) is 48.1 Å². The van der Waals surface area contributed by atoms with Gasteiger partial charge in [-0.25, -0.2) is 6.57 Å². The van der Waals surface area contributed by atoms with E-state index in [4.69, 9.17) is 11.7 Å². The van der Waals surface area contributed by atoms with E-state index in [0.29, 0.717) is 11.8 Å². The molecule has 0 N–H and O–H groups in total. The molecule has 1 aromatic carbocycles. The van der Waals surface area contributed by atoms with Crippen molar-refractivity contribution in [3.8, 4) is 0 Å². The molecule has 4 rings (SSSR count). The van der Waals surface area contributed by atoms with Gasteiger partial charge < -0.3 is 0 Å². The predicted octanol–water partition coefficient (Wildman–Crippen LogP) is 4.42. The molecule has 3 nitrogen and oxygen atoms in total. The highest BCUT2D eigenvalue weighted by Crippen LogP contribution is 2.74. The predicted molar refractivity (Wildman–Crippen MR) is 76.9 cm³/mol. The number of benzene rings is 1. The number of rotatable bonds is 1. The van der Waals surface area contributed by atoms with Crippen LogP contribution in [0.2, 0.25) is 0 Å². The summed E-state index contributed by atoms with van der Waals surface area (Å²) in [5, 5.41) is 9.32. The van der Waals surface area contributed by atoms with Gasteiger partial charge in [0.15, 0.2) is 0 Å². The standard InChI is InChI=1S/C17H19N3/c1-15(2)16(12-8-5-4-6-9-12)13-10-7-11-14(13)17(15,18-3)20-19-16/h4-6,8-9,13-14H,7,10-11H2,1-2H3/t13-,14+,16-,17+/m0/s1. The summed E-state index contributed by atoms with van der Waals surface area (Å²) < 4.78 is 0. The summed E-state index contributed by atoms with van der Waals surface area (Å²) in [6.45, 7) is 12.2. The van der Waals surface area contributed by atoms with Gasteiger partial charge in [0.05, 0.1) is 11.3 Å². The summed E-state index contributed by atoms with van der Waals surface area (Å²) in [5.74, 6) is 0.860. The fourth-order valence-electron chi connectivity index (χ4n) is 5.27. The van der Waals surface area contributed by atoms with Gasteiger partial charge in [0.25, 0.3) is 0 Å². The average Bonchev–Trinajstić information content (AvgIpc) is 3.07. The molecule has 4 atom stereocenters. The van der Waals surface area contributed by atoms with Crippen molar-refractivity contribution >= 4 is 0 Å². The van der Waals surface area contributed by atoms with E-state index >= 15 is 0 Å². The highest BCUT2D eigenvalue weighted by atomic mass is 15.4. The van der Waals surface area contributed by atoms with Crippen molar-refractivity contribution in [2.75, 3.05) is 0 Å². The normalized spacial score (nSPS) is 43.5. The van der Waals surface area contributed by atoms with E-state index in [-0.39, 0.29) is 11.0 Å². The Morgan fingerprint density at radius 1 is 1.10 bits per heavy atom. The number of nitrogens with zero attached hydrogens (tertiary/aromatic N) is 3. The second kappa shape index (κ2) is 3.49. The van der Waals surface area contributed by atoms with Gasteiger partial charge in [0.1, 0.15) is 5.54 Å². The Bertz CT molecular complexity index is 627. The van der Waals surface area contributed by atoms with E-state index in [9.17, 15) is 0 Å². The topological polar surface area (TPSA) is 29.1 Å². The highest BCUT2D eigenvalue weighted by molar-refractivity contribution is 5.41. The minimum absolute atomic E-state index is 0.223. The lowest BCUT2D eigenvalue weighted by Gasteiger charge is -2.37. The van der Waals surface area contributed by atoms with Gasteiger partial charge in [-0.1, -0.05) is 36.8 Å². The van der Waals surface area contributed by atoms with Gasteiger partial charge in [-0.2, -0.15) is 5.11 Å². The summed E-state index contributed by atoms with van der Waals surface area (Å²) in [7, 11) is 0. The van der Waals surface area contributed by atoms with Crippen LogP contribution in [0.3, 0.4) is 0 Å². The molecule has 0 aromatic heterocycles. The van der Waals surface area contributed by atoms with Gasteiger partial charge in [-0.3, -0.25) is 4.85 Å². The maximum atomic E-state index is 7.80. The molecule has 2 aliphatic carbocycles. The number of azo groups is 1. The van der Waals surface area contributed by atoms with Crippen LogP contribution >= 0.6 is 0 Å². The van der Waals surface area contributed by atoms with Crippen molar-refractivity contribution in [1.29, 1.82) is 0 Å². The maximum Gasteiger partial charge on any atom is 0.351 e. The van der Waals surface area contributed by atoms with Crippen LogP contribution in [0.1, 0.15) is 38.7 Å². The van der Waals surface area contributed by atoms with Gasteiger partial charge in [-0.05, 0) is 32.3 Å². The maximum absolute atomic E-state index is 7.80. The Hall–Kier alpha value is -1.69. The van der Waals surface area contributed by atoms with Crippen LogP contribution in [0, 0.1) is 23.8 Å². The molecule has 2 saturated carbocycles. The first-order valence-electron chi connectivity index (χ1n) is 7.48. The molecule has 0 amide bonds. The van der Waals surface area contributed by atoms with E-state index in [1.54, 1.807) is 0 Å². The summed E-state index contributed by atoms with van der Waals surface area (Å²) >= 11 is 0.